The molecule has 0 amide bonds. The van der Waals surface area contributed by atoms with Crippen molar-refractivity contribution in [3.05, 3.63) is 33.8 Å². The number of rotatable bonds is 1. The van der Waals surface area contributed by atoms with Gasteiger partial charge in [0.2, 0.25) is 0 Å². The Morgan fingerprint density at radius 2 is 2.08 bits per heavy atom. The van der Waals surface area contributed by atoms with Crippen LogP contribution in [0.3, 0.4) is 0 Å². The third-order valence-electron chi connectivity index (χ3n) is 2.57. The second-order valence-electron chi connectivity index (χ2n) is 3.79. The van der Waals surface area contributed by atoms with Crippen LogP contribution in [-0.2, 0) is 12.8 Å². The van der Waals surface area contributed by atoms with E-state index in [9.17, 15) is 0 Å². The first-order valence-corrected chi connectivity index (χ1v) is 5.09. The van der Waals surface area contributed by atoms with E-state index in [1.807, 2.05) is 6.07 Å². The molecule has 1 aliphatic rings. The molecule has 1 atom stereocenters. The number of aliphatic hydroxyl groups excluding tert-OH is 1. The molecule has 0 fully saturated rings. The standard InChI is InChI=1S/C10H12BrNO/c11-9-2-1-7-4-10(12,6-13)5-8(7)3-9/h1-3,13H,4-6,12H2. The lowest BCUT2D eigenvalue weighted by Gasteiger charge is -2.19. The highest BCUT2D eigenvalue weighted by Gasteiger charge is 2.32. The molecular formula is C10H12BrNO. The minimum atomic E-state index is -0.427. The summed E-state index contributed by atoms with van der Waals surface area (Å²) in [6, 6.07) is 6.17. The van der Waals surface area contributed by atoms with Crippen LogP contribution in [0.5, 0.6) is 0 Å². The van der Waals surface area contributed by atoms with Crippen LogP contribution in [-0.4, -0.2) is 17.3 Å². The first-order chi connectivity index (χ1) is 6.13. The van der Waals surface area contributed by atoms with Gasteiger partial charge < -0.3 is 10.8 Å². The van der Waals surface area contributed by atoms with Gasteiger partial charge >= 0.3 is 0 Å². The van der Waals surface area contributed by atoms with Crippen molar-refractivity contribution in [1.29, 1.82) is 0 Å². The van der Waals surface area contributed by atoms with Gasteiger partial charge in [-0.1, -0.05) is 22.0 Å². The van der Waals surface area contributed by atoms with Crippen LogP contribution in [0.15, 0.2) is 22.7 Å². The number of benzene rings is 1. The summed E-state index contributed by atoms with van der Waals surface area (Å²) in [7, 11) is 0. The summed E-state index contributed by atoms with van der Waals surface area (Å²) >= 11 is 3.42. The molecule has 0 bridgehead atoms. The molecule has 1 aliphatic carbocycles. The van der Waals surface area contributed by atoms with E-state index in [4.69, 9.17) is 10.8 Å². The van der Waals surface area contributed by atoms with Gasteiger partial charge in [-0.15, -0.1) is 0 Å². The second kappa shape index (κ2) is 3.08. The first kappa shape index (κ1) is 9.19. The molecule has 3 N–H and O–H groups in total. The number of hydrogen-bond donors (Lipinski definition) is 2. The van der Waals surface area contributed by atoms with E-state index in [0.29, 0.717) is 0 Å². The monoisotopic (exact) mass is 241 g/mol. The van der Waals surface area contributed by atoms with Crippen LogP contribution in [0, 0.1) is 0 Å². The maximum Gasteiger partial charge on any atom is 0.0617 e. The van der Waals surface area contributed by atoms with Gasteiger partial charge in [-0.05, 0) is 36.1 Å². The fourth-order valence-electron chi connectivity index (χ4n) is 1.86. The van der Waals surface area contributed by atoms with Crippen molar-refractivity contribution in [2.75, 3.05) is 6.61 Å². The maximum atomic E-state index is 9.13. The van der Waals surface area contributed by atoms with Crippen molar-refractivity contribution >= 4 is 15.9 Å². The van der Waals surface area contributed by atoms with E-state index < -0.39 is 5.54 Å². The predicted molar refractivity (Wildman–Crippen MR) is 55.6 cm³/mol. The SMILES string of the molecule is NC1(CO)Cc2ccc(Br)cc2C1. The Morgan fingerprint density at radius 1 is 1.38 bits per heavy atom. The predicted octanol–water partition coefficient (Wildman–Crippen LogP) is 1.24. The van der Waals surface area contributed by atoms with Gasteiger partial charge in [-0.2, -0.15) is 0 Å². The Balaban J connectivity index is 2.35. The van der Waals surface area contributed by atoms with E-state index in [1.165, 1.54) is 11.1 Å². The summed E-state index contributed by atoms with van der Waals surface area (Å²) in [5.41, 5.74) is 8.09. The van der Waals surface area contributed by atoms with Gasteiger partial charge in [0, 0.05) is 10.0 Å². The molecule has 70 valence electrons. The molecule has 1 aromatic rings. The quantitative estimate of drug-likeness (QED) is 0.778. The van der Waals surface area contributed by atoms with E-state index in [2.05, 4.69) is 28.1 Å². The molecule has 13 heavy (non-hydrogen) atoms. The number of fused-ring (bicyclic) bond motifs is 1. The van der Waals surface area contributed by atoms with Crippen LogP contribution in [0.4, 0.5) is 0 Å². The normalized spacial score (nSPS) is 26.1. The largest absolute Gasteiger partial charge is 0.394 e. The highest BCUT2D eigenvalue weighted by atomic mass is 79.9. The topological polar surface area (TPSA) is 46.2 Å². The minimum absolute atomic E-state index is 0.0549. The highest BCUT2D eigenvalue weighted by molar-refractivity contribution is 9.10. The average molecular weight is 242 g/mol. The van der Waals surface area contributed by atoms with E-state index in [1.54, 1.807) is 0 Å². The molecular weight excluding hydrogens is 230 g/mol. The third-order valence-corrected chi connectivity index (χ3v) is 3.06. The van der Waals surface area contributed by atoms with Crippen molar-refractivity contribution in [3.8, 4) is 0 Å². The molecule has 1 aromatic carbocycles. The Bertz CT molecular complexity index is 340. The minimum Gasteiger partial charge on any atom is -0.394 e. The molecule has 3 heteroatoms. The number of hydrogen-bond acceptors (Lipinski definition) is 2. The molecule has 0 radical (unpaired) electrons. The zero-order valence-corrected chi connectivity index (χ0v) is 8.84. The van der Waals surface area contributed by atoms with Gasteiger partial charge in [-0.3, -0.25) is 0 Å². The van der Waals surface area contributed by atoms with Gasteiger partial charge in [0.1, 0.15) is 0 Å². The molecule has 2 rings (SSSR count). The van der Waals surface area contributed by atoms with Crippen molar-refractivity contribution in [3.63, 3.8) is 0 Å². The Hall–Kier alpha value is -0.380. The van der Waals surface area contributed by atoms with E-state index >= 15 is 0 Å². The summed E-state index contributed by atoms with van der Waals surface area (Å²) in [6.07, 6.45) is 1.56. The zero-order valence-electron chi connectivity index (χ0n) is 7.26. The summed E-state index contributed by atoms with van der Waals surface area (Å²) in [6.45, 7) is 0.0549. The Labute approximate surface area is 85.9 Å². The zero-order chi connectivity index (χ0) is 9.47. The molecule has 0 heterocycles. The lowest BCUT2D eigenvalue weighted by Crippen LogP contribution is -2.44. The van der Waals surface area contributed by atoms with Crippen LogP contribution in [0.2, 0.25) is 0 Å². The van der Waals surface area contributed by atoms with Gasteiger partial charge in [0.25, 0.3) is 0 Å². The summed E-state index contributed by atoms with van der Waals surface area (Å²) in [5, 5.41) is 9.13. The van der Waals surface area contributed by atoms with Crippen LogP contribution in [0.1, 0.15) is 11.1 Å². The van der Waals surface area contributed by atoms with Crippen LogP contribution >= 0.6 is 15.9 Å². The number of aliphatic hydroxyl groups is 1. The summed E-state index contributed by atoms with van der Waals surface area (Å²) in [5.74, 6) is 0. The lowest BCUT2D eigenvalue weighted by molar-refractivity contribution is 0.202. The fraction of sp³-hybridized carbons (Fsp3) is 0.400. The maximum absolute atomic E-state index is 9.13. The van der Waals surface area contributed by atoms with Crippen molar-refractivity contribution < 1.29 is 5.11 Å². The smallest absolute Gasteiger partial charge is 0.0617 e. The fourth-order valence-corrected chi connectivity index (χ4v) is 2.27. The summed E-state index contributed by atoms with van der Waals surface area (Å²) in [4.78, 5) is 0. The van der Waals surface area contributed by atoms with Gasteiger partial charge in [-0.25, -0.2) is 0 Å². The Kier molecular flexibility index (Phi) is 2.18. The average Bonchev–Trinajstić information content (AvgIpc) is 2.42. The highest BCUT2D eigenvalue weighted by Crippen LogP contribution is 2.30. The third kappa shape index (κ3) is 1.64. The van der Waals surface area contributed by atoms with Crippen molar-refractivity contribution in [1.82, 2.24) is 0 Å². The lowest BCUT2D eigenvalue weighted by atomic mass is 9.99. The molecule has 0 aliphatic heterocycles. The molecule has 0 aromatic heterocycles. The van der Waals surface area contributed by atoms with Crippen LogP contribution < -0.4 is 5.73 Å². The Morgan fingerprint density at radius 3 is 2.77 bits per heavy atom. The number of nitrogens with two attached hydrogens (primary N) is 1. The molecule has 0 spiro atoms. The first-order valence-electron chi connectivity index (χ1n) is 4.30. The number of halogens is 1. The van der Waals surface area contributed by atoms with Crippen molar-refractivity contribution in [2.45, 2.75) is 18.4 Å². The second-order valence-corrected chi connectivity index (χ2v) is 4.70. The molecule has 0 saturated carbocycles. The summed E-state index contributed by atoms with van der Waals surface area (Å²) < 4.78 is 1.08. The molecule has 1 unspecified atom stereocenters. The van der Waals surface area contributed by atoms with Crippen molar-refractivity contribution in [2.24, 2.45) is 5.73 Å². The molecule has 0 saturated heterocycles. The van der Waals surface area contributed by atoms with E-state index in [-0.39, 0.29) is 6.61 Å². The molecule has 2 nitrogen and oxygen atoms in total. The van der Waals surface area contributed by atoms with Gasteiger partial charge in [0.15, 0.2) is 0 Å². The van der Waals surface area contributed by atoms with Gasteiger partial charge in [0.05, 0.1) is 6.61 Å². The van der Waals surface area contributed by atoms with E-state index in [0.717, 1.165) is 17.3 Å². The van der Waals surface area contributed by atoms with Crippen LogP contribution in [0.25, 0.3) is 0 Å².